The molecule has 4 heterocycles. The summed E-state index contributed by atoms with van der Waals surface area (Å²) in [6.07, 6.45) is 1.11. The number of anilines is 1. The number of methoxy groups -OCH3 is 2. The van der Waals surface area contributed by atoms with Gasteiger partial charge < -0.3 is 28.5 Å². The van der Waals surface area contributed by atoms with E-state index >= 15 is 4.79 Å². The monoisotopic (exact) mass is 785 g/mol. The Morgan fingerprint density at radius 2 is 1.75 bits per heavy atom. The first-order chi connectivity index (χ1) is 26.3. The number of nitrogens with zero attached hydrogens (tertiary/aromatic N) is 5. The van der Waals surface area contributed by atoms with Gasteiger partial charge in [-0.3, -0.25) is 14.4 Å². The van der Waals surface area contributed by atoms with E-state index in [-0.39, 0.29) is 29.9 Å². The van der Waals surface area contributed by atoms with Crippen molar-refractivity contribution in [2.75, 3.05) is 38.9 Å². The number of amides is 1. The molecule has 0 saturated heterocycles. The molecule has 1 atom stereocenters. The molecule has 3 aromatic carbocycles. The minimum absolute atomic E-state index is 0.00232. The number of rotatable bonds is 12. The number of hydrogen-bond acceptors (Lipinski definition) is 6. The Balaban J connectivity index is 1.43. The molecule has 0 saturated carbocycles. The van der Waals surface area contributed by atoms with Crippen LogP contribution in [0.4, 0.5) is 5.82 Å². The van der Waals surface area contributed by atoms with Gasteiger partial charge in [0.25, 0.3) is 5.91 Å². The van der Waals surface area contributed by atoms with Crippen molar-refractivity contribution in [3.05, 3.63) is 91.8 Å². The number of aryl methyl sites for hydroxylation is 5. The number of aromatic carboxylic acids is 1. The van der Waals surface area contributed by atoms with Gasteiger partial charge in [0, 0.05) is 60.5 Å². The maximum atomic E-state index is 15.4. The lowest BCUT2D eigenvalue weighted by Crippen LogP contribution is -2.44. The quantitative estimate of drug-likeness (QED) is 0.123. The molecule has 0 radical (unpaired) electrons. The van der Waals surface area contributed by atoms with Gasteiger partial charge in [-0.05, 0) is 94.5 Å². The van der Waals surface area contributed by atoms with Crippen LogP contribution in [0.5, 0.6) is 11.5 Å². The average Bonchev–Trinajstić information content (AvgIpc) is 3.75. The molecule has 1 aliphatic heterocycles. The molecule has 13 heteroatoms. The largest absolute Gasteiger partial charge is 0.496 e. The predicted molar refractivity (Wildman–Crippen MR) is 217 cm³/mol. The van der Waals surface area contributed by atoms with Crippen molar-refractivity contribution in [3.8, 4) is 22.6 Å². The molecule has 1 amide bonds. The number of fused-ring (bicyclic) bond motifs is 4. The number of carboxylic acid groups (broad SMARTS) is 1. The summed E-state index contributed by atoms with van der Waals surface area (Å²) in [5.74, 6) is -0.0339. The molecular formula is C42H45Cl2N5O6. The summed E-state index contributed by atoms with van der Waals surface area (Å²) in [5, 5.41) is 18.1. The van der Waals surface area contributed by atoms with Crippen LogP contribution < -0.4 is 14.4 Å². The van der Waals surface area contributed by atoms with Crippen LogP contribution in [0.1, 0.15) is 68.3 Å². The van der Waals surface area contributed by atoms with Gasteiger partial charge in [-0.2, -0.15) is 5.10 Å². The zero-order valence-electron chi connectivity index (χ0n) is 32.3. The van der Waals surface area contributed by atoms with Gasteiger partial charge >= 0.3 is 5.97 Å². The third kappa shape index (κ3) is 6.32. The minimum Gasteiger partial charge on any atom is -0.496 e. The molecule has 7 rings (SSSR count). The van der Waals surface area contributed by atoms with Crippen LogP contribution in [0.2, 0.25) is 10.0 Å². The number of carbonyl (C=O) groups is 2. The highest BCUT2D eigenvalue weighted by molar-refractivity contribution is 6.35. The van der Waals surface area contributed by atoms with Crippen molar-refractivity contribution in [1.29, 1.82) is 0 Å². The molecule has 3 aromatic heterocycles. The third-order valence-electron chi connectivity index (χ3n) is 10.8. The van der Waals surface area contributed by atoms with Crippen LogP contribution in [0.15, 0.2) is 42.5 Å². The number of halogens is 2. The lowest BCUT2D eigenvalue weighted by Gasteiger charge is -2.35. The van der Waals surface area contributed by atoms with Gasteiger partial charge in [0.1, 0.15) is 28.6 Å². The van der Waals surface area contributed by atoms with Gasteiger partial charge in [-0.15, -0.1) is 0 Å². The van der Waals surface area contributed by atoms with E-state index in [1.54, 1.807) is 18.1 Å². The summed E-state index contributed by atoms with van der Waals surface area (Å²) in [5.41, 5.74) is 8.21. The van der Waals surface area contributed by atoms with Gasteiger partial charge in [0.05, 0.1) is 47.5 Å². The summed E-state index contributed by atoms with van der Waals surface area (Å²) < 4.78 is 23.2. The van der Waals surface area contributed by atoms with E-state index in [9.17, 15) is 9.90 Å². The van der Waals surface area contributed by atoms with E-state index in [0.717, 1.165) is 60.9 Å². The predicted octanol–water partition coefficient (Wildman–Crippen LogP) is 9.12. The maximum absolute atomic E-state index is 15.4. The fourth-order valence-electron chi connectivity index (χ4n) is 8.33. The van der Waals surface area contributed by atoms with Crippen LogP contribution in [0, 0.1) is 27.7 Å². The molecule has 55 heavy (non-hydrogen) atoms. The van der Waals surface area contributed by atoms with Gasteiger partial charge in [0.2, 0.25) is 0 Å². The van der Waals surface area contributed by atoms with Crippen molar-refractivity contribution in [2.24, 2.45) is 7.05 Å². The number of carboxylic acids is 1. The molecule has 0 fully saturated rings. The fraction of sp³-hybridized carbons (Fsp3) is 0.357. The second-order valence-electron chi connectivity index (χ2n) is 14.3. The normalized spacial score (nSPS) is 14.3. The topological polar surface area (TPSA) is 113 Å². The molecular weight excluding hydrogens is 741 g/mol. The van der Waals surface area contributed by atoms with Gasteiger partial charge in [-0.1, -0.05) is 35.3 Å². The van der Waals surface area contributed by atoms with Gasteiger partial charge in [-0.25, -0.2) is 4.79 Å². The molecule has 0 bridgehead atoms. The van der Waals surface area contributed by atoms with E-state index < -0.39 is 5.97 Å². The Kier molecular flexibility index (Phi) is 10.4. The molecule has 1 aliphatic rings. The Bertz CT molecular complexity index is 2490. The molecule has 288 valence electrons. The summed E-state index contributed by atoms with van der Waals surface area (Å²) in [4.78, 5) is 30.2. The minimum atomic E-state index is -1.16. The molecule has 0 spiro atoms. The van der Waals surface area contributed by atoms with E-state index in [4.69, 9.17) is 42.5 Å². The Morgan fingerprint density at radius 1 is 1.02 bits per heavy atom. The van der Waals surface area contributed by atoms with Crippen molar-refractivity contribution in [1.82, 2.24) is 18.9 Å². The van der Waals surface area contributed by atoms with E-state index in [1.165, 1.54) is 7.11 Å². The van der Waals surface area contributed by atoms with E-state index in [0.29, 0.717) is 60.0 Å². The SMILES string of the molecule is COCCn1c(N2C[C@@H](C)n3c(c(CCCOc4cc(C)c(Cl)c(C)c4)c4ccc(Cl)c(-c5c(C)nn(C)c5C)c43)C2=O)c(C(=O)O)c2c(OC)cccc21. The number of benzene rings is 3. The summed E-state index contributed by atoms with van der Waals surface area (Å²) in [7, 11) is 5.01. The first kappa shape index (κ1) is 38.3. The highest BCUT2D eigenvalue weighted by Crippen LogP contribution is 2.47. The van der Waals surface area contributed by atoms with Crippen LogP contribution in [0.25, 0.3) is 32.9 Å². The molecule has 6 aromatic rings. The summed E-state index contributed by atoms with van der Waals surface area (Å²) >= 11 is 13.5. The zero-order chi connectivity index (χ0) is 39.5. The lowest BCUT2D eigenvalue weighted by atomic mass is 9.98. The third-order valence-corrected chi connectivity index (χ3v) is 11.7. The van der Waals surface area contributed by atoms with Gasteiger partial charge in [0.15, 0.2) is 0 Å². The van der Waals surface area contributed by atoms with Crippen molar-refractivity contribution < 1.29 is 28.9 Å². The second kappa shape index (κ2) is 14.9. The van der Waals surface area contributed by atoms with Crippen molar-refractivity contribution in [3.63, 3.8) is 0 Å². The highest BCUT2D eigenvalue weighted by atomic mass is 35.5. The highest BCUT2D eigenvalue weighted by Gasteiger charge is 2.40. The fourth-order valence-corrected chi connectivity index (χ4v) is 8.69. The van der Waals surface area contributed by atoms with E-state index in [1.807, 2.05) is 80.4 Å². The smallest absolute Gasteiger partial charge is 0.340 e. The summed E-state index contributed by atoms with van der Waals surface area (Å²) in [6, 6.07) is 12.9. The van der Waals surface area contributed by atoms with Crippen LogP contribution in [0.3, 0.4) is 0 Å². The Hall–Kier alpha value is -4.97. The van der Waals surface area contributed by atoms with Crippen LogP contribution >= 0.6 is 23.2 Å². The Labute approximate surface area is 329 Å². The second-order valence-corrected chi connectivity index (χ2v) is 15.1. The number of carbonyl (C=O) groups excluding carboxylic acids is 1. The molecule has 0 aliphatic carbocycles. The van der Waals surface area contributed by atoms with Crippen molar-refractivity contribution in [2.45, 2.75) is 60.0 Å². The number of aromatic nitrogens is 4. The first-order valence-electron chi connectivity index (χ1n) is 18.3. The zero-order valence-corrected chi connectivity index (χ0v) is 33.9. The van der Waals surface area contributed by atoms with Crippen molar-refractivity contribution >= 4 is 62.7 Å². The number of hydrogen-bond donors (Lipinski definition) is 1. The molecule has 11 nitrogen and oxygen atoms in total. The first-order valence-corrected chi connectivity index (χ1v) is 19.0. The average molecular weight is 787 g/mol. The molecule has 1 N–H and O–H groups in total. The number of ether oxygens (including phenoxy) is 3. The summed E-state index contributed by atoms with van der Waals surface area (Å²) in [6.45, 7) is 11.2. The van der Waals surface area contributed by atoms with E-state index in [2.05, 4.69) is 11.5 Å². The van der Waals surface area contributed by atoms with Crippen LogP contribution in [-0.2, 0) is 24.8 Å². The maximum Gasteiger partial charge on any atom is 0.340 e. The standard InChI is InChI=1S/C42H45Cl2N5O6/c1-22-19-27(20-23(2)37(22)44)55-17-10-11-28-29-14-15-30(43)34(33-25(4)45-46(6)26(33)5)38(29)49-24(3)21-48(41(50)39(28)49)40-36(42(51)52)35-31(47(40)16-18-53-7)12-9-13-32(35)54-8/h9,12-15,19-20,24H,10-11,16-18,21H2,1-8H3,(H,51,52)/t24-/m1/s1. The van der Waals surface area contributed by atoms with Crippen LogP contribution in [-0.4, -0.2) is 69.9 Å². The lowest BCUT2D eigenvalue weighted by molar-refractivity contribution is 0.0699. The molecule has 0 unspecified atom stereocenters. The Morgan fingerprint density at radius 3 is 2.38 bits per heavy atom.